The van der Waals surface area contributed by atoms with Crippen LogP contribution in [-0.4, -0.2) is 24.3 Å². The Balaban J connectivity index is 2.45. The maximum atomic E-state index is 11.7. The monoisotopic (exact) mass is 279 g/mol. The van der Waals surface area contributed by atoms with E-state index in [2.05, 4.69) is 5.10 Å². The Hall–Kier alpha value is -2.71. The quantitative estimate of drug-likeness (QED) is 0.614. The van der Waals surface area contributed by atoms with E-state index in [1.165, 1.54) is 0 Å². The number of nitrogens with zero attached hydrogens (tertiary/aromatic N) is 4. The molecule has 2 aromatic rings. The van der Waals surface area contributed by atoms with Crippen molar-refractivity contribution in [1.82, 2.24) is 19.3 Å². The Morgan fingerprint density at radius 3 is 2.70 bits per heavy atom. The molecule has 0 radical (unpaired) electrons. The van der Waals surface area contributed by atoms with Crippen molar-refractivity contribution in [2.75, 3.05) is 0 Å². The van der Waals surface area contributed by atoms with Crippen LogP contribution in [0.3, 0.4) is 0 Å². The maximum Gasteiger partial charge on any atom is 0.350 e. The van der Waals surface area contributed by atoms with Crippen molar-refractivity contribution in [2.24, 2.45) is 7.05 Å². The van der Waals surface area contributed by atoms with E-state index in [0.717, 1.165) is 22.9 Å². The largest absolute Gasteiger partial charge is 0.350 e. The zero-order valence-corrected chi connectivity index (χ0v) is 11.0. The van der Waals surface area contributed by atoms with E-state index in [4.69, 9.17) is 0 Å². The van der Waals surface area contributed by atoms with Crippen LogP contribution >= 0.6 is 0 Å². The van der Waals surface area contributed by atoms with Crippen molar-refractivity contribution >= 4 is 5.69 Å². The van der Waals surface area contributed by atoms with Crippen molar-refractivity contribution in [2.45, 2.75) is 19.9 Å². The highest BCUT2D eigenvalue weighted by Gasteiger charge is 2.15. The van der Waals surface area contributed by atoms with E-state index in [0.29, 0.717) is 5.69 Å². The van der Waals surface area contributed by atoms with Gasteiger partial charge in [-0.2, -0.15) is 5.10 Å². The Kier molecular flexibility index (Phi) is 3.51. The first-order chi connectivity index (χ1) is 9.42. The summed E-state index contributed by atoms with van der Waals surface area (Å²) in [5.41, 5.74) is -0.794. The highest BCUT2D eigenvalue weighted by atomic mass is 16.6. The number of nitro groups is 1. The zero-order chi connectivity index (χ0) is 14.9. The van der Waals surface area contributed by atoms with Crippen LogP contribution in [0.15, 0.2) is 21.9 Å². The summed E-state index contributed by atoms with van der Waals surface area (Å²) in [5.74, 6) is 0. The molecule has 0 fully saturated rings. The van der Waals surface area contributed by atoms with Crippen molar-refractivity contribution in [3.63, 3.8) is 0 Å². The summed E-state index contributed by atoms with van der Waals surface area (Å²) in [6.45, 7) is 2.04. The van der Waals surface area contributed by atoms with Crippen LogP contribution in [0.2, 0.25) is 0 Å². The summed E-state index contributed by atoms with van der Waals surface area (Å²) in [6.07, 6.45) is 1.69. The number of aromatic amines is 1. The smallest absolute Gasteiger partial charge is 0.288 e. The molecule has 20 heavy (non-hydrogen) atoms. The second-order valence-electron chi connectivity index (χ2n) is 4.26. The number of hydrogen-bond donors (Lipinski definition) is 1. The molecule has 0 aliphatic heterocycles. The number of H-pyrrole nitrogens is 1. The van der Waals surface area contributed by atoms with Gasteiger partial charge in [-0.15, -0.1) is 0 Å². The van der Waals surface area contributed by atoms with Crippen LogP contribution < -0.4 is 11.2 Å². The fourth-order valence-corrected chi connectivity index (χ4v) is 1.81. The average molecular weight is 279 g/mol. The van der Waals surface area contributed by atoms with Gasteiger partial charge in [0.05, 0.1) is 29.1 Å². The summed E-state index contributed by atoms with van der Waals surface area (Å²) in [6, 6.07) is 1.81. The zero-order valence-electron chi connectivity index (χ0n) is 11.0. The van der Waals surface area contributed by atoms with E-state index in [9.17, 15) is 19.7 Å². The van der Waals surface area contributed by atoms with Gasteiger partial charge in [0, 0.05) is 7.05 Å². The normalized spacial score (nSPS) is 10.7. The molecule has 106 valence electrons. The Morgan fingerprint density at radius 1 is 1.45 bits per heavy atom. The molecule has 0 aromatic carbocycles. The van der Waals surface area contributed by atoms with Gasteiger partial charge in [0.25, 0.3) is 0 Å². The van der Waals surface area contributed by atoms with Gasteiger partial charge < -0.3 is 0 Å². The Labute approximate surface area is 112 Å². The summed E-state index contributed by atoms with van der Waals surface area (Å²) < 4.78 is 2.68. The van der Waals surface area contributed by atoms with Crippen molar-refractivity contribution in [3.05, 3.63) is 54.6 Å². The van der Waals surface area contributed by atoms with E-state index in [1.807, 2.05) is 18.0 Å². The lowest BCUT2D eigenvalue weighted by atomic mass is 10.3. The predicted molar refractivity (Wildman–Crippen MR) is 69.7 cm³/mol. The molecular formula is C11H13N5O4. The van der Waals surface area contributed by atoms with Gasteiger partial charge in [-0.05, 0) is 12.5 Å². The third-order valence-electron chi connectivity index (χ3n) is 2.91. The van der Waals surface area contributed by atoms with E-state index < -0.39 is 21.9 Å². The molecular weight excluding hydrogens is 266 g/mol. The number of hydrogen-bond acceptors (Lipinski definition) is 5. The maximum absolute atomic E-state index is 11.7. The van der Waals surface area contributed by atoms with E-state index >= 15 is 0 Å². The molecule has 0 atom stereocenters. The topological polar surface area (TPSA) is 116 Å². The molecule has 9 nitrogen and oxygen atoms in total. The van der Waals surface area contributed by atoms with Crippen molar-refractivity contribution < 1.29 is 4.92 Å². The van der Waals surface area contributed by atoms with Crippen LogP contribution in [-0.2, 0) is 20.0 Å². The second-order valence-corrected chi connectivity index (χ2v) is 4.26. The summed E-state index contributed by atoms with van der Waals surface area (Å²) in [7, 11) is 1.72. The standard InChI is InChI=1S/C11H13N5O4/c1-3-7-4-8(14(2)13-7)5-15-6-9(16(19)20)10(17)12-11(15)18/h4,6H,3,5H2,1-2H3,(H,12,17,18). The molecule has 9 heteroatoms. The molecule has 2 aromatic heterocycles. The van der Waals surface area contributed by atoms with Crippen LogP contribution in [0.4, 0.5) is 5.69 Å². The summed E-state index contributed by atoms with van der Waals surface area (Å²) >= 11 is 0. The number of aryl methyl sites for hydroxylation is 2. The molecule has 0 bridgehead atoms. The first-order valence-corrected chi connectivity index (χ1v) is 5.92. The Bertz CT molecular complexity index is 770. The molecule has 0 aliphatic carbocycles. The molecule has 0 unspecified atom stereocenters. The number of rotatable bonds is 4. The van der Waals surface area contributed by atoms with Gasteiger partial charge in [-0.3, -0.25) is 29.1 Å². The highest BCUT2D eigenvalue weighted by molar-refractivity contribution is 5.21. The third kappa shape index (κ3) is 2.51. The van der Waals surface area contributed by atoms with Gasteiger partial charge in [0.1, 0.15) is 0 Å². The molecule has 2 heterocycles. The fraction of sp³-hybridized carbons (Fsp3) is 0.364. The summed E-state index contributed by atoms with van der Waals surface area (Å²) in [5, 5.41) is 14.9. The Morgan fingerprint density at radius 2 is 2.15 bits per heavy atom. The minimum atomic E-state index is -1.00. The van der Waals surface area contributed by atoms with Gasteiger partial charge in [-0.1, -0.05) is 6.92 Å². The first-order valence-electron chi connectivity index (χ1n) is 5.92. The van der Waals surface area contributed by atoms with Gasteiger partial charge in [-0.25, -0.2) is 4.79 Å². The fourth-order valence-electron chi connectivity index (χ4n) is 1.81. The minimum absolute atomic E-state index is 0.0972. The SMILES string of the molecule is CCc1cc(Cn2cc([N+](=O)[O-])c(=O)[nH]c2=O)n(C)n1. The molecule has 0 aliphatic rings. The van der Waals surface area contributed by atoms with E-state index in [-0.39, 0.29) is 6.54 Å². The highest BCUT2D eigenvalue weighted by Crippen LogP contribution is 2.06. The number of aromatic nitrogens is 4. The molecule has 1 N–H and O–H groups in total. The van der Waals surface area contributed by atoms with Crippen molar-refractivity contribution in [1.29, 1.82) is 0 Å². The third-order valence-corrected chi connectivity index (χ3v) is 2.91. The predicted octanol–water partition coefficient (Wildman–Crippen LogP) is -0.211. The first kappa shape index (κ1) is 13.7. The lowest BCUT2D eigenvalue weighted by Gasteiger charge is -2.04. The molecule has 2 rings (SSSR count). The molecule has 0 amide bonds. The second kappa shape index (κ2) is 5.11. The van der Waals surface area contributed by atoms with Gasteiger partial charge >= 0.3 is 16.9 Å². The van der Waals surface area contributed by atoms with Gasteiger partial charge in [0.15, 0.2) is 0 Å². The van der Waals surface area contributed by atoms with Crippen LogP contribution in [0.25, 0.3) is 0 Å². The van der Waals surface area contributed by atoms with E-state index in [1.54, 1.807) is 11.7 Å². The molecule has 0 saturated carbocycles. The lowest BCUT2D eigenvalue weighted by Crippen LogP contribution is -2.31. The lowest BCUT2D eigenvalue weighted by molar-refractivity contribution is -0.386. The van der Waals surface area contributed by atoms with Crippen molar-refractivity contribution in [3.8, 4) is 0 Å². The summed E-state index contributed by atoms with van der Waals surface area (Å²) in [4.78, 5) is 34.8. The number of nitrogens with one attached hydrogen (secondary N) is 1. The molecule has 0 spiro atoms. The minimum Gasteiger partial charge on any atom is -0.288 e. The van der Waals surface area contributed by atoms with Crippen LogP contribution in [0.1, 0.15) is 18.3 Å². The van der Waals surface area contributed by atoms with Crippen LogP contribution in [0, 0.1) is 10.1 Å². The van der Waals surface area contributed by atoms with Gasteiger partial charge in [0.2, 0.25) is 0 Å². The van der Waals surface area contributed by atoms with Crippen LogP contribution in [0.5, 0.6) is 0 Å². The average Bonchev–Trinajstić information content (AvgIpc) is 2.73. The molecule has 0 saturated heterocycles.